The highest BCUT2D eigenvalue weighted by Gasteiger charge is 2.28. The quantitative estimate of drug-likeness (QED) is 0.708. The Morgan fingerprint density at radius 1 is 1.65 bits per heavy atom. The molecule has 0 aliphatic carbocycles. The van der Waals surface area contributed by atoms with Crippen LogP contribution in [0.4, 0.5) is 0 Å². The maximum Gasteiger partial charge on any atom is 0.340 e. The van der Waals surface area contributed by atoms with Crippen molar-refractivity contribution in [2.45, 2.75) is 17.5 Å². The lowest BCUT2D eigenvalue weighted by molar-refractivity contribution is 0.0692. The number of rotatable bonds is 4. The van der Waals surface area contributed by atoms with Gasteiger partial charge in [0.1, 0.15) is 5.56 Å². The molecule has 0 radical (unpaired) electrons. The summed E-state index contributed by atoms with van der Waals surface area (Å²) in [6, 6.07) is -0.144. The maximum absolute atomic E-state index is 11.9. The molecule has 9 heteroatoms. The highest BCUT2D eigenvalue weighted by molar-refractivity contribution is 7.99. The van der Waals surface area contributed by atoms with Gasteiger partial charge in [0.25, 0.3) is 10.0 Å². The molecule has 2 heterocycles. The van der Waals surface area contributed by atoms with Gasteiger partial charge in [0.2, 0.25) is 0 Å². The third kappa shape index (κ3) is 2.61. The monoisotopic (exact) mass is 277 g/mol. The van der Waals surface area contributed by atoms with E-state index in [1.54, 1.807) is 11.8 Å². The summed E-state index contributed by atoms with van der Waals surface area (Å²) < 4.78 is 26.3. The molecule has 1 aromatic rings. The molecule has 1 aliphatic heterocycles. The van der Waals surface area contributed by atoms with Crippen molar-refractivity contribution < 1.29 is 18.3 Å². The van der Waals surface area contributed by atoms with Gasteiger partial charge in [0.15, 0.2) is 5.03 Å². The van der Waals surface area contributed by atoms with Crippen molar-refractivity contribution in [3.63, 3.8) is 0 Å². The van der Waals surface area contributed by atoms with Gasteiger partial charge in [-0.3, -0.25) is 5.10 Å². The van der Waals surface area contributed by atoms with Crippen LogP contribution in [0.5, 0.6) is 0 Å². The zero-order valence-corrected chi connectivity index (χ0v) is 10.3. The predicted octanol–water partition coefficient (Wildman–Crippen LogP) is -0.108. The number of nitrogens with zero attached hydrogens (tertiary/aromatic N) is 1. The van der Waals surface area contributed by atoms with E-state index in [9.17, 15) is 13.2 Å². The molecule has 3 N–H and O–H groups in total. The van der Waals surface area contributed by atoms with Crippen molar-refractivity contribution in [1.82, 2.24) is 14.9 Å². The van der Waals surface area contributed by atoms with Crippen LogP contribution in [0.2, 0.25) is 0 Å². The van der Waals surface area contributed by atoms with Crippen LogP contribution in [0.3, 0.4) is 0 Å². The summed E-state index contributed by atoms with van der Waals surface area (Å²) >= 11 is 1.66. The largest absolute Gasteiger partial charge is 0.478 e. The minimum Gasteiger partial charge on any atom is -0.478 e. The fourth-order valence-electron chi connectivity index (χ4n) is 1.54. The van der Waals surface area contributed by atoms with Crippen LogP contribution in [0.15, 0.2) is 11.2 Å². The number of hydrogen-bond acceptors (Lipinski definition) is 5. The molecular weight excluding hydrogens is 266 g/mol. The van der Waals surface area contributed by atoms with Crippen LogP contribution in [-0.4, -0.2) is 47.2 Å². The molecule has 2 rings (SSSR count). The molecule has 1 aromatic heterocycles. The molecule has 7 nitrogen and oxygen atoms in total. The van der Waals surface area contributed by atoms with E-state index in [1.165, 1.54) is 0 Å². The molecule has 0 saturated carbocycles. The van der Waals surface area contributed by atoms with Gasteiger partial charge in [0, 0.05) is 11.8 Å². The first-order chi connectivity index (χ1) is 8.00. The van der Waals surface area contributed by atoms with Gasteiger partial charge in [-0.25, -0.2) is 17.9 Å². The Morgan fingerprint density at radius 3 is 3.00 bits per heavy atom. The van der Waals surface area contributed by atoms with E-state index in [2.05, 4.69) is 14.9 Å². The molecule has 17 heavy (non-hydrogen) atoms. The van der Waals surface area contributed by atoms with Crippen molar-refractivity contribution in [3.8, 4) is 0 Å². The second kappa shape index (κ2) is 4.67. The Balaban J connectivity index is 2.24. The highest BCUT2D eigenvalue weighted by atomic mass is 32.2. The molecule has 0 amide bonds. The summed E-state index contributed by atoms with van der Waals surface area (Å²) in [6.07, 6.45) is 1.74. The maximum atomic E-state index is 11.9. The van der Waals surface area contributed by atoms with Crippen LogP contribution in [-0.2, 0) is 10.0 Å². The Hall–Kier alpha value is -1.06. The molecule has 1 atom stereocenters. The van der Waals surface area contributed by atoms with Gasteiger partial charge < -0.3 is 5.11 Å². The summed E-state index contributed by atoms with van der Waals surface area (Å²) in [5.74, 6) is 0.289. The molecule has 0 bridgehead atoms. The van der Waals surface area contributed by atoms with Crippen molar-refractivity contribution in [3.05, 3.63) is 11.8 Å². The van der Waals surface area contributed by atoms with E-state index in [0.29, 0.717) is 5.75 Å². The molecule has 1 unspecified atom stereocenters. The Kier molecular flexibility index (Phi) is 3.40. The summed E-state index contributed by atoms with van der Waals surface area (Å²) in [4.78, 5) is 10.8. The lowest BCUT2D eigenvalue weighted by Crippen LogP contribution is -2.35. The number of carboxylic acid groups (broad SMARTS) is 1. The number of H-pyrrole nitrogens is 1. The molecule has 0 spiro atoms. The zero-order chi connectivity index (χ0) is 12.5. The van der Waals surface area contributed by atoms with Crippen molar-refractivity contribution in [2.75, 3.05) is 11.5 Å². The van der Waals surface area contributed by atoms with Gasteiger partial charge in [-0.1, -0.05) is 0 Å². The number of aromatic carboxylic acids is 1. The standard InChI is InChI=1S/C8H11N3O4S2/c12-8(13)6-3-9-10-7(6)17(14,15)11-5-1-2-16-4-5/h3,5,11H,1-2,4H2,(H,9,10)(H,12,13). The SMILES string of the molecule is O=C(O)c1cn[nH]c1S(=O)(=O)NC1CCSC1. The second-order valence-corrected chi connectivity index (χ2v) is 6.40. The van der Waals surface area contributed by atoms with Crippen LogP contribution in [0.25, 0.3) is 0 Å². The smallest absolute Gasteiger partial charge is 0.340 e. The summed E-state index contributed by atoms with van der Waals surface area (Å²) in [5, 5.41) is 14.1. The lowest BCUT2D eigenvalue weighted by Gasteiger charge is -2.10. The van der Waals surface area contributed by atoms with E-state index in [0.717, 1.165) is 18.4 Å². The van der Waals surface area contributed by atoms with Crippen LogP contribution in [0, 0.1) is 0 Å². The molecule has 94 valence electrons. The topological polar surface area (TPSA) is 112 Å². The predicted molar refractivity (Wildman–Crippen MR) is 61.6 cm³/mol. The minimum atomic E-state index is -3.84. The molecular formula is C8H11N3O4S2. The lowest BCUT2D eigenvalue weighted by atomic mass is 10.3. The van der Waals surface area contributed by atoms with Gasteiger partial charge in [-0.15, -0.1) is 0 Å². The Labute approximate surface area is 102 Å². The molecule has 1 fully saturated rings. The number of nitrogens with one attached hydrogen (secondary N) is 2. The third-order valence-corrected chi connectivity index (χ3v) is 5.01. The number of carboxylic acids is 1. The summed E-state index contributed by atoms with van der Waals surface area (Å²) in [5.41, 5.74) is -0.344. The van der Waals surface area contributed by atoms with Crippen LogP contribution in [0.1, 0.15) is 16.8 Å². The number of aromatic amines is 1. The number of carbonyl (C=O) groups is 1. The van der Waals surface area contributed by atoms with Crippen molar-refractivity contribution in [2.24, 2.45) is 0 Å². The molecule has 1 saturated heterocycles. The van der Waals surface area contributed by atoms with E-state index >= 15 is 0 Å². The van der Waals surface area contributed by atoms with E-state index < -0.39 is 16.0 Å². The van der Waals surface area contributed by atoms with Gasteiger partial charge in [0.05, 0.1) is 6.20 Å². The average Bonchev–Trinajstić information content (AvgIpc) is 2.84. The van der Waals surface area contributed by atoms with Crippen molar-refractivity contribution >= 4 is 27.8 Å². The highest BCUT2D eigenvalue weighted by Crippen LogP contribution is 2.20. The second-order valence-electron chi connectivity index (χ2n) is 3.60. The molecule has 1 aliphatic rings. The zero-order valence-electron chi connectivity index (χ0n) is 8.71. The average molecular weight is 277 g/mol. The first-order valence-electron chi connectivity index (χ1n) is 4.87. The van der Waals surface area contributed by atoms with Crippen LogP contribution < -0.4 is 4.72 Å². The minimum absolute atomic E-state index is 0.144. The van der Waals surface area contributed by atoms with Gasteiger partial charge in [-0.05, 0) is 12.2 Å². The molecule has 0 aromatic carbocycles. The van der Waals surface area contributed by atoms with Crippen LogP contribution >= 0.6 is 11.8 Å². The Morgan fingerprint density at radius 2 is 2.41 bits per heavy atom. The number of hydrogen-bond donors (Lipinski definition) is 3. The fourth-order valence-corrected chi connectivity index (χ4v) is 4.16. The number of thioether (sulfide) groups is 1. The van der Waals surface area contributed by atoms with E-state index in [4.69, 9.17) is 5.11 Å². The number of sulfonamides is 1. The third-order valence-electron chi connectivity index (χ3n) is 2.36. The van der Waals surface area contributed by atoms with E-state index in [1.807, 2.05) is 0 Å². The number of aromatic nitrogens is 2. The van der Waals surface area contributed by atoms with E-state index in [-0.39, 0.29) is 16.6 Å². The van der Waals surface area contributed by atoms with Gasteiger partial charge >= 0.3 is 5.97 Å². The Bertz CT molecular complexity index is 519. The summed E-state index contributed by atoms with van der Waals surface area (Å²) in [6.45, 7) is 0. The fraction of sp³-hybridized carbons (Fsp3) is 0.500. The summed E-state index contributed by atoms with van der Waals surface area (Å²) in [7, 11) is -3.84. The normalized spacial score (nSPS) is 20.6. The van der Waals surface area contributed by atoms with Gasteiger partial charge in [-0.2, -0.15) is 16.9 Å². The van der Waals surface area contributed by atoms with Crippen molar-refractivity contribution in [1.29, 1.82) is 0 Å². The first-order valence-corrected chi connectivity index (χ1v) is 7.51. The first kappa shape index (κ1) is 12.4.